The summed E-state index contributed by atoms with van der Waals surface area (Å²) in [6, 6.07) is 3.63. The highest BCUT2D eigenvalue weighted by atomic mass is 19.3. The number of nitrogens with one attached hydrogen (secondary N) is 1. The van der Waals surface area contributed by atoms with Crippen molar-refractivity contribution in [2.75, 3.05) is 5.32 Å². The number of nitrogens with zero attached hydrogens (tertiary/aromatic N) is 1. The van der Waals surface area contributed by atoms with Gasteiger partial charge in [-0.1, -0.05) is 19.3 Å². The van der Waals surface area contributed by atoms with E-state index in [-0.39, 0.29) is 5.75 Å². The van der Waals surface area contributed by atoms with Crippen LogP contribution in [0.15, 0.2) is 18.3 Å². The van der Waals surface area contributed by atoms with Crippen molar-refractivity contribution >= 4 is 5.82 Å². The zero-order valence-electron chi connectivity index (χ0n) is 9.53. The summed E-state index contributed by atoms with van der Waals surface area (Å²) in [6.45, 7) is -2.80. The Morgan fingerprint density at radius 2 is 2.00 bits per heavy atom. The fourth-order valence-corrected chi connectivity index (χ4v) is 2.09. The molecule has 1 aliphatic carbocycles. The molecule has 1 N–H and O–H groups in total. The molecule has 5 heteroatoms. The molecule has 17 heavy (non-hydrogen) atoms. The summed E-state index contributed by atoms with van der Waals surface area (Å²) in [5.41, 5.74) is 0. The summed E-state index contributed by atoms with van der Waals surface area (Å²) in [5, 5.41) is 3.31. The van der Waals surface area contributed by atoms with E-state index in [2.05, 4.69) is 15.0 Å². The highest BCUT2D eigenvalue weighted by Crippen LogP contribution is 2.21. The molecule has 0 bridgehead atoms. The van der Waals surface area contributed by atoms with Gasteiger partial charge in [-0.2, -0.15) is 8.78 Å². The molecule has 1 heterocycles. The summed E-state index contributed by atoms with van der Waals surface area (Å²) in [4.78, 5) is 4.06. The van der Waals surface area contributed by atoms with Crippen molar-refractivity contribution in [3.8, 4) is 5.75 Å². The molecule has 0 aliphatic heterocycles. The van der Waals surface area contributed by atoms with Crippen LogP contribution in [0.1, 0.15) is 32.1 Å². The van der Waals surface area contributed by atoms with E-state index in [0.29, 0.717) is 6.04 Å². The molecule has 3 nitrogen and oxygen atoms in total. The summed E-state index contributed by atoms with van der Waals surface area (Å²) in [7, 11) is 0. The minimum atomic E-state index is -2.80. The number of hydrogen-bond acceptors (Lipinski definition) is 3. The Morgan fingerprint density at radius 1 is 1.24 bits per heavy atom. The van der Waals surface area contributed by atoms with Crippen LogP contribution < -0.4 is 10.1 Å². The predicted molar refractivity (Wildman–Crippen MR) is 61.4 cm³/mol. The van der Waals surface area contributed by atoms with Crippen LogP contribution in [0.3, 0.4) is 0 Å². The average Bonchev–Trinajstić information content (AvgIpc) is 2.32. The largest absolute Gasteiger partial charge is 0.433 e. The molecule has 1 aromatic rings. The molecular weight excluding hydrogens is 226 g/mol. The number of rotatable bonds is 4. The second-order valence-corrected chi connectivity index (χ2v) is 4.24. The van der Waals surface area contributed by atoms with Crippen LogP contribution in [0, 0.1) is 0 Å². The Hall–Kier alpha value is -1.39. The minimum absolute atomic E-state index is 0.0918. The van der Waals surface area contributed by atoms with Gasteiger partial charge in [-0.15, -0.1) is 0 Å². The SMILES string of the molecule is FC(F)Oc1ccc(NC2CCCCC2)nc1. The number of halogens is 2. The number of pyridine rings is 1. The predicted octanol–water partition coefficient (Wildman–Crippen LogP) is 3.43. The maximum absolute atomic E-state index is 11.9. The summed E-state index contributed by atoms with van der Waals surface area (Å²) >= 11 is 0. The van der Waals surface area contributed by atoms with Crippen molar-refractivity contribution in [1.82, 2.24) is 4.98 Å². The number of anilines is 1. The molecule has 0 radical (unpaired) electrons. The molecule has 0 saturated heterocycles. The van der Waals surface area contributed by atoms with Crippen LogP contribution in [0.25, 0.3) is 0 Å². The third kappa shape index (κ3) is 3.84. The van der Waals surface area contributed by atoms with E-state index in [1.807, 2.05) is 0 Å². The highest BCUT2D eigenvalue weighted by molar-refractivity contribution is 5.38. The fraction of sp³-hybridized carbons (Fsp3) is 0.583. The van der Waals surface area contributed by atoms with Crippen molar-refractivity contribution in [2.24, 2.45) is 0 Å². The van der Waals surface area contributed by atoms with Crippen LogP contribution in [-0.4, -0.2) is 17.6 Å². The van der Waals surface area contributed by atoms with Gasteiger partial charge in [0.2, 0.25) is 0 Å². The fourth-order valence-electron chi connectivity index (χ4n) is 2.09. The topological polar surface area (TPSA) is 34.1 Å². The number of hydrogen-bond donors (Lipinski definition) is 1. The zero-order valence-corrected chi connectivity index (χ0v) is 9.53. The van der Waals surface area contributed by atoms with E-state index in [1.54, 1.807) is 6.07 Å². The molecule has 94 valence electrons. The lowest BCUT2D eigenvalue weighted by Crippen LogP contribution is -2.22. The van der Waals surface area contributed by atoms with Crippen molar-refractivity contribution in [2.45, 2.75) is 44.8 Å². The maximum atomic E-state index is 11.9. The second kappa shape index (κ2) is 5.80. The van der Waals surface area contributed by atoms with Crippen molar-refractivity contribution < 1.29 is 13.5 Å². The quantitative estimate of drug-likeness (QED) is 0.878. The third-order valence-electron chi connectivity index (χ3n) is 2.92. The van der Waals surface area contributed by atoms with Gasteiger partial charge in [0.25, 0.3) is 0 Å². The van der Waals surface area contributed by atoms with Crippen LogP contribution in [0.2, 0.25) is 0 Å². The third-order valence-corrected chi connectivity index (χ3v) is 2.92. The van der Waals surface area contributed by atoms with Crippen LogP contribution >= 0.6 is 0 Å². The Morgan fingerprint density at radius 3 is 2.59 bits per heavy atom. The normalized spacial score (nSPS) is 17.1. The lowest BCUT2D eigenvalue weighted by atomic mass is 9.95. The minimum Gasteiger partial charge on any atom is -0.433 e. The molecule has 2 rings (SSSR count). The molecule has 0 spiro atoms. The molecule has 1 aliphatic rings. The first-order valence-corrected chi connectivity index (χ1v) is 5.91. The molecule has 0 unspecified atom stereocenters. The average molecular weight is 242 g/mol. The Labute approximate surface area is 99.2 Å². The van der Waals surface area contributed by atoms with E-state index < -0.39 is 6.61 Å². The Kier molecular flexibility index (Phi) is 4.12. The smallest absolute Gasteiger partial charge is 0.387 e. The number of alkyl halides is 2. The van der Waals surface area contributed by atoms with Crippen LogP contribution in [0.5, 0.6) is 5.75 Å². The van der Waals surface area contributed by atoms with Gasteiger partial charge in [0.1, 0.15) is 11.6 Å². The monoisotopic (exact) mass is 242 g/mol. The van der Waals surface area contributed by atoms with E-state index in [9.17, 15) is 8.78 Å². The first kappa shape index (κ1) is 12.1. The Balaban J connectivity index is 1.88. The molecule has 0 aromatic carbocycles. The van der Waals surface area contributed by atoms with E-state index in [1.165, 1.54) is 31.5 Å². The van der Waals surface area contributed by atoms with Gasteiger partial charge in [-0.05, 0) is 25.0 Å². The van der Waals surface area contributed by atoms with E-state index >= 15 is 0 Å². The second-order valence-electron chi connectivity index (χ2n) is 4.24. The summed E-state index contributed by atoms with van der Waals surface area (Å²) in [5.74, 6) is 0.813. The van der Waals surface area contributed by atoms with Gasteiger partial charge in [0.05, 0.1) is 6.20 Å². The zero-order chi connectivity index (χ0) is 12.1. The molecule has 0 amide bonds. The molecule has 1 fully saturated rings. The van der Waals surface area contributed by atoms with Gasteiger partial charge in [-0.25, -0.2) is 4.98 Å². The van der Waals surface area contributed by atoms with Crippen molar-refractivity contribution in [1.29, 1.82) is 0 Å². The van der Waals surface area contributed by atoms with E-state index in [4.69, 9.17) is 0 Å². The first-order valence-electron chi connectivity index (χ1n) is 5.91. The van der Waals surface area contributed by atoms with Gasteiger partial charge < -0.3 is 10.1 Å². The molecule has 1 saturated carbocycles. The van der Waals surface area contributed by atoms with Gasteiger partial charge in [-0.3, -0.25) is 0 Å². The highest BCUT2D eigenvalue weighted by Gasteiger charge is 2.13. The molecular formula is C12H16F2N2O. The maximum Gasteiger partial charge on any atom is 0.387 e. The van der Waals surface area contributed by atoms with Gasteiger partial charge in [0.15, 0.2) is 0 Å². The van der Waals surface area contributed by atoms with E-state index in [0.717, 1.165) is 18.7 Å². The summed E-state index contributed by atoms with van der Waals surface area (Å²) < 4.78 is 28.1. The van der Waals surface area contributed by atoms with Crippen molar-refractivity contribution in [3.05, 3.63) is 18.3 Å². The molecule has 1 aromatic heterocycles. The Bertz CT molecular complexity index is 337. The number of ether oxygens (including phenoxy) is 1. The number of aromatic nitrogens is 1. The van der Waals surface area contributed by atoms with Crippen LogP contribution in [-0.2, 0) is 0 Å². The van der Waals surface area contributed by atoms with Gasteiger partial charge in [0, 0.05) is 6.04 Å². The van der Waals surface area contributed by atoms with Crippen molar-refractivity contribution in [3.63, 3.8) is 0 Å². The lowest BCUT2D eigenvalue weighted by molar-refractivity contribution is -0.0500. The van der Waals surface area contributed by atoms with Crippen LogP contribution in [0.4, 0.5) is 14.6 Å². The lowest BCUT2D eigenvalue weighted by Gasteiger charge is -2.23. The van der Waals surface area contributed by atoms with Gasteiger partial charge >= 0.3 is 6.61 Å². The standard InChI is InChI=1S/C12H16F2N2O/c13-12(14)17-10-6-7-11(15-8-10)16-9-4-2-1-3-5-9/h6-9,12H,1-5H2,(H,15,16). The first-order chi connectivity index (χ1) is 8.24. The molecule has 0 atom stereocenters. The summed E-state index contributed by atoms with van der Waals surface area (Å²) in [6.07, 6.45) is 7.40.